The second-order valence-electron chi connectivity index (χ2n) is 3.51. The lowest BCUT2D eigenvalue weighted by molar-refractivity contribution is 0.459. The molecule has 0 bridgehead atoms. The van der Waals surface area contributed by atoms with Gasteiger partial charge in [0, 0.05) is 6.04 Å². The summed E-state index contributed by atoms with van der Waals surface area (Å²) in [5.74, 6) is 1.23. The van der Waals surface area contributed by atoms with Crippen molar-refractivity contribution < 1.29 is 4.42 Å². The van der Waals surface area contributed by atoms with Gasteiger partial charge in [0.2, 0.25) is 5.89 Å². The maximum Gasteiger partial charge on any atom is 0.257 e. The Kier molecular flexibility index (Phi) is 3.13. The van der Waals surface area contributed by atoms with Gasteiger partial charge in [-0.1, -0.05) is 19.9 Å². The van der Waals surface area contributed by atoms with Gasteiger partial charge in [0.1, 0.15) is 0 Å². The number of nitrogens with zero attached hydrogens (tertiary/aromatic N) is 2. The first-order valence-corrected chi connectivity index (χ1v) is 5.73. The van der Waals surface area contributed by atoms with Crippen LogP contribution in [0.25, 0.3) is 10.8 Å². The van der Waals surface area contributed by atoms with Crippen molar-refractivity contribution in [3.05, 3.63) is 23.4 Å². The maximum atomic E-state index is 5.50. The van der Waals surface area contributed by atoms with E-state index in [0.29, 0.717) is 24.4 Å². The van der Waals surface area contributed by atoms with Crippen molar-refractivity contribution >= 4 is 11.3 Å². The van der Waals surface area contributed by atoms with Crippen LogP contribution in [0.2, 0.25) is 0 Å². The number of hydrogen-bond acceptors (Lipinski definition) is 5. The predicted octanol–water partition coefficient (Wildman–Crippen LogP) is 2.30. The van der Waals surface area contributed by atoms with Crippen LogP contribution in [0.15, 0.2) is 21.9 Å². The van der Waals surface area contributed by atoms with E-state index < -0.39 is 0 Å². The molecule has 4 nitrogen and oxygen atoms in total. The molecule has 2 aromatic heterocycles. The number of nitrogens with one attached hydrogen (secondary N) is 1. The van der Waals surface area contributed by atoms with Crippen LogP contribution in [0.5, 0.6) is 0 Å². The fraction of sp³-hybridized carbons (Fsp3) is 0.400. The first-order chi connectivity index (χ1) is 7.25. The van der Waals surface area contributed by atoms with Crippen LogP contribution in [0.1, 0.15) is 19.7 Å². The second kappa shape index (κ2) is 4.55. The minimum Gasteiger partial charge on any atom is -0.419 e. The molecule has 0 amide bonds. The van der Waals surface area contributed by atoms with E-state index in [-0.39, 0.29) is 0 Å². The van der Waals surface area contributed by atoms with Gasteiger partial charge in [-0.15, -0.1) is 21.5 Å². The molecular weight excluding hydrogens is 210 g/mol. The van der Waals surface area contributed by atoms with Crippen molar-refractivity contribution in [2.24, 2.45) is 0 Å². The minimum absolute atomic E-state index is 0.419. The molecule has 0 aromatic carbocycles. The first-order valence-electron chi connectivity index (χ1n) is 4.85. The highest BCUT2D eigenvalue weighted by Gasteiger charge is 2.08. The summed E-state index contributed by atoms with van der Waals surface area (Å²) in [6.45, 7) is 4.78. The number of hydrogen-bond donors (Lipinski definition) is 1. The molecule has 0 saturated carbocycles. The van der Waals surface area contributed by atoms with Gasteiger partial charge in [0.15, 0.2) is 0 Å². The van der Waals surface area contributed by atoms with Crippen LogP contribution < -0.4 is 5.32 Å². The lowest BCUT2D eigenvalue weighted by atomic mass is 10.4. The lowest BCUT2D eigenvalue weighted by Gasteiger charge is -2.03. The summed E-state index contributed by atoms with van der Waals surface area (Å²) < 4.78 is 5.50. The average molecular weight is 223 g/mol. The van der Waals surface area contributed by atoms with Crippen molar-refractivity contribution in [2.75, 3.05) is 0 Å². The molecule has 2 aromatic rings. The van der Waals surface area contributed by atoms with Crippen molar-refractivity contribution in [1.82, 2.24) is 15.5 Å². The summed E-state index contributed by atoms with van der Waals surface area (Å²) in [4.78, 5) is 1.01. The molecule has 5 heteroatoms. The van der Waals surface area contributed by atoms with E-state index in [1.165, 1.54) is 0 Å². The molecule has 2 rings (SSSR count). The van der Waals surface area contributed by atoms with Crippen LogP contribution in [-0.4, -0.2) is 16.2 Å². The highest BCUT2D eigenvalue weighted by Crippen LogP contribution is 2.22. The molecule has 0 aliphatic rings. The molecule has 0 aliphatic carbocycles. The summed E-state index contributed by atoms with van der Waals surface area (Å²) in [5.41, 5.74) is 0. The molecule has 0 fully saturated rings. The Labute approximate surface area is 92.3 Å². The van der Waals surface area contributed by atoms with Crippen LogP contribution >= 0.6 is 11.3 Å². The van der Waals surface area contributed by atoms with Gasteiger partial charge in [0.05, 0.1) is 11.4 Å². The summed E-state index contributed by atoms with van der Waals surface area (Å²) in [6.07, 6.45) is 0. The zero-order chi connectivity index (χ0) is 10.7. The van der Waals surface area contributed by atoms with Crippen LogP contribution in [0, 0.1) is 0 Å². The number of rotatable bonds is 4. The molecule has 80 valence electrons. The van der Waals surface area contributed by atoms with Gasteiger partial charge in [-0.05, 0) is 11.4 Å². The number of thiophene rings is 1. The molecule has 15 heavy (non-hydrogen) atoms. The van der Waals surface area contributed by atoms with Gasteiger partial charge < -0.3 is 9.73 Å². The average Bonchev–Trinajstić information content (AvgIpc) is 2.85. The van der Waals surface area contributed by atoms with E-state index in [0.717, 1.165) is 4.88 Å². The third-order valence-corrected chi connectivity index (χ3v) is 2.72. The summed E-state index contributed by atoms with van der Waals surface area (Å²) in [5, 5.41) is 13.2. The highest BCUT2D eigenvalue weighted by atomic mass is 32.1. The summed E-state index contributed by atoms with van der Waals surface area (Å²) in [6, 6.07) is 4.36. The maximum absolute atomic E-state index is 5.50. The number of aromatic nitrogens is 2. The van der Waals surface area contributed by atoms with Crippen LogP contribution in [0.3, 0.4) is 0 Å². The quantitative estimate of drug-likeness (QED) is 0.864. The molecule has 0 radical (unpaired) electrons. The lowest BCUT2D eigenvalue weighted by Crippen LogP contribution is -2.21. The Balaban J connectivity index is 2.04. The fourth-order valence-electron chi connectivity index (χ4n) is 1.12. The van der Waals surface area contributed by atoms with Gasteiger partial charge in [-0.25, -0.2) is 0 Å². The molecule has 1 N–H and O–H groups in total. The van der Waals surface area contributed by atoms with Gasteiger partial charge in [-0.3, -0.25) is 0 Å². The minimum atomic E-state index is 0.419. The summed E-state index contributed by atoms with van der Waals surface area (Å²) in [7, 11) is 0. The smallest absolute Gasteiger partial charge is 0.257 e. The van der Waals surface area contributed by atoms with E-state index in [1.807, 2.05) is 17.5 Å². The molecule has 0 spiro atoms. The monoisotopic (exact) mass is 223 g/mol. The van der Waals surface area contributed by atoms with Crippen molar-refractivity contribution in [3.8, 4) is 10.8 Å². The Bertz CT molecular complexity index is 408. The van der Waals surface area contributed by atoms with Crippen molar-refractivity contribution in [1.29, 1.82) is 0 Å². The van der Waals surface area contributed by atoms with Crippen LogP contribution in [-0.2, 0) is 6.54 Å². The molecule has 0 aliphatic heterocycles. The van der Waals surface area contributed by atoms with Gasteiger partial charge >= 0.3 is 0 Å². The molecular formula is C10H13N3OS. The van der Waals surface area contributed by atoms with E-state index in [2.05, 4.69) is 29.4 Å². The van der Waals surface area contributed by atoms with Gasteiger partial charge in [-0.2, -0.15) is 0 Å². The Hall–Kier alpha value is -1.20. The SMILES string of the molecule is CC(C)NCc1nnc(-c2cccs2)o1. The Morgan fingerprint density at radius 3 is 3.00 bits per heavy atom. The van der Waals surface area contributed by atoms with Crippen molar-refractivity contribution in [2.45, 2.75) is 26.4 Å². The zero-order valence-electron chi connectivity index (χ0n) is 8.73. The third kappa shape index (κ3) is 2.64. The van der Waals surface area contributed by atoms with E-state index >= 15 is 0 Å². The summed E-state index contributed by atoms with van der Waals surface area (Å²) >= 11 is 1.60. The molecule has 2 heterocycles. The van der Waals surface area contributed by atoms with Crippen LogP contribution in [0.4, 0.5) is 0 Å². The predicted molar refractivity (Wildman–Crippen MR) is 59.6 cm³/mol. The van der Waals surface area contributed by atoms with Gasteiger partial charge in [0.25, 0.3) is 5.89 Å². The first kappa shape index (κ1) is 10.3. The Morgan fingerprint density at radius 1 is 1.47 bits per heavy atom. The third-order valence-electron chi connectivity index (χ3n) is 1.86. The highest BCUT2D eigenvalue weighted by molar-refractivity contribution is 7.13. The second-order valence-corrected chi connectivity index (χ2v) is 4.46. The molecule has 0 saturated heterocycles. The van der Waals surface area contributed by atoms with Crippen molar-refractivity contribution in [3.63, 3.8) is 0 Å². The van der Waals surface area contributed by atoms with E-state index in [4.69, 9.17) is 4.42 Å². The molecule has 0 unspecified atom stereocenters. The topological polar surface area (TPSA) is 51.0 Å². The Morgan fingerprint density at radius 2 is 2.33 bits per heavy atom. The van der Waals surface area contributed by atoms with E-state index in [9.17, 15) is 0 Å². The van der Waals surface area contributed by atoms with E-state index in [1.54, 1.807) is 11.3 Å². The largest absolute Gasteiger partial charge is 0.419 e. The normalized spacial score (nSPS) is 11.1. The fourth-order valence-corrected chi connectivity index (χ4v) is 1.76. The molecule has 0 atom stereocenters. The zero-order valence-corrected chi connectivity index (χ0v) is 9.54. The standard InChI is InChI=1S/C10H13N3OS/c1-7(2)11-6-9-12-13-10(14-9)8-4-3-5-15-8/h3-5,7,11H,6H2,1-2H3.